The maximum Gasteiger partial charge on any atom is 0.491 e. The third kappa shape index (κ3) is 2.61. The number of hydrogen-bond acceptors (Lipinski definition) is 6. The molecule has 0 saturated carbocycles. The molecule has 0 fully saturated rings. The van der Waals surface area contributed by atoms with E-state index < -0.39 is 17.1 Å². The molecule has 0 spiro atoms. The molecular formula is C13H14BN3O4S. The van der Waals surface area contributed by atoms with Crippen molar-refractivity contribution in [1.29, 1.82) is 0 Å². The van der Waals surface area contributed by atoms with Gasteiger partial charge in [-0.3, -0.25) is 4.72 Å². The van der Waals surface area contributed by atoms with Crippen LogP contribution >= 0.6 is 0 Å². The second kappa shape index (κ2) is 5.20. The molecule has 1 heterocycles. The molecule has 1 aliphatic heterocycles. The minimum atomic E-state index is -3.85. The molecule has 114 valence electrons. The zero-order valence-corrected chi connectivity index (χ0v) is 12.3. The molecule has 1 aliphatic rings. The first-order valence-electron chi connectivity index (χ1n) is 6.47. The number of fused-ring (bicyclic) bond motifs is 1. The van der Waals surface area contributed by atoms with Crippen molar-refractivity contribution in [3.63, 3.8) is 0 Å². The minimum absolute atomic E-state index is 0.0565. The highest BCUT2D eigenvalue weighted by atomic mass is 32.2. The Labute approximate surface area is 128 Å². The van der Waals surface area contributed by atoms with Crippen LogP contribution in [0.5, 0.6) is 0 Å². The zero-order chi connectivity index (χ0) is 15.9. The number of sulfonamides is 1. The molecule has 2 aromatic carbocycles. The van der Waals surface area contributed by atoms with Crippen LogP contribution in [0.4, 0.5) is 17.1 Å². The molecule has 6 N–H and O–H groups in total. The van der Waals surface area contributed by atoms with Gasteiger partial charge in [0.15, 0.2) is 0 Å². The largest absolute Gasteiger partial charge is 0.491 e. The number of hydrogen-bond donors (Lipinski definition) is 4. The van der Waals surface area contributed by atoms with Crippen molar-refractivity contribution in [3.05, 3.63) is 42.0 Å². The summed E-state index contributed by atoms with van der Waals surface area (Å²) in [6, 6.07) is 9.04. The molecule has 3 rings (SSSR count). The number of rotatable bonds is 3. The van der Waals surface area contributed by atoms with Gasteiger partial charge in [0.2, 0.25) is 0 Å². The minimum Gasteiger partial charge on any atom is -0.423 e. The lowest BCUT2D eigenvalue weighted by molar-refractivity contribution is 0.275. The van der Waals surface area contributed by atoms with Gasteiger partial charge in [-0.25, -0.2) is 8.42 Å². The van der Waals surface area contributed by atoms with Crippen molar-refractivity contribution in [1.82, 2.24) is 0 Å². The Morgan fingerprint density at radius 1 is 1.18 bits per heavy atom. The van der Waals surface area contributed by atoms with E-state index in [9.17, 15) is 13.4 Å². The average Bonchev–Trinajstić information content (AvgIpc) is 2.79. The van der Waals surface area contributed by atoms with Crippen molar-refractivity contribution in [2.75, 3.05) is 16.2 Å². The summed E-state index contributed by atoms with van der Waals surface area (Å²) in [5, 5.41) is 9.66. The molecule has 0 atom stereocenters. The third-order valence-corrected chi connectivity index (χ3v) is 4.84. The van der Waals surface area contributed by atoms with Crippen molar-refractivity contribution in [3.8, 4) is 0 Å². The number of nitrogens with one attached hydrogen (secondary N) is 1. The van der Waals surface area contributed by atoms with Gasteiger partial charge in [0.05, 0.1) is 12.3 Å². The molecule has 0 amide bonds. The SMILES string of the molecule is Nc1ccc(S(=O)(=O)Nc2ccc3c(c2)B(O)OC3)c(N)c1. The summed E-state index contributed by atoms with van der Waals surface area (Å²) in [6.07, 6.45) is 0. The molecule has 2 aromatic rings. The zero-order valence-electron chi connectivity index (χ0n) is 11.5. The number of nitrogens with two attached hydrogens (primary N) is 2. The molecule has 0 saturated heterocycles. The van der Waals surface area contributed by atoms with Gasteiger partial charge in [0.25, 0.3) is 10.0 Å². The molecule has 7 nitrogen and oxygen atoms in total. The van der Waals surface area contributed by atoms with Gasteiger partial charge >= 0.3 is 7.12 Å². The van der Waals surface area contributed by atoms with Crippen LogP contribution in [-0.4, -0.2) is 20.6 Å². The maximum atomic E-state index is 12.4. The van der Waals surface area contributed by atoms with Crippen LogP contribution in [0.1, 0.15) is 5.56 Å². The Hall–Kier alpha value is -2.23. The topological polar surface area (TPSA) is 128 Å². The van der Waals surface area contributed by atoms with E-state index in [1.807, 2.05) is 0 Å². The van der Waals surface area contributed by atoms with Crippen LogP contribution in [0.3, 0.4) is 0 Å². The Bertz CT molecular complexity index is 841. The van der Waals surface area contributed by atoms with Crippen LogP contribution in [-0.2, 0) is 21.3 Å². The summed E-state index contributed by atoms with van der Waals surface area (Å²) >= 11 is 0. The van der Waals surface area contributed by atoms with E-state index in [-0.39, 0.29) is 10.6 Å². The Morgan fingerprint density at radius 3 is 2.68 bits per heavy atom. The molecule has 22 heavy (non-hydrogen) atoms. The van der Waals surface area contributed by atoms with Gasteiger partial charge < -0.3 is 21.1 Å². The van der Waals surface area contributed by atoms with E-state index in [1.165, 1.54) is 24.3 Å². The van der Waals surface area contributed by atoms with Crippen LogP contribution in [0, 0.1) is 0 Å². The molecule has 0 aliphatic carbocycles. The summed E-state index contributed by atoms with van der Waals surface area (Å²) in [6.45, 7) is 0.300. The van der Waals surface area contributed by atoms with Crippen molar-refractivity contribution in [2.24, 2.45) is 0 Å². The third-order valence-electron chi connectivity index (χ3n) is 3.38. The summed E-state index contributed by atoms with van der Waals surface area (Å²) in [4.78, 5) is -0.0565. The molecule has 0 radical (unpaired) electrons. The highest BCUT2D eigenvalue weighted by molar-refractivity contribution is 7.92. The molecule has 0 aromatic heterocycles. The monoisotopic (exact) mass is 319 g/mol. The van der Waals surface area contributed by atoms with Gasteiger partial charge in [-0.1, -0.05) is 6.07 Å². The second-order valence-electron chi connectivity index (χ2n) is 4.98. The normalized spacial score (nSPS) is 14.0. The summed E-state index contributed by atoms with van der Waals surface area (Å²) < 4.78 is 32.3. The van der Waals surface area contributed by atoms with Crippen LogP contribution < -0.4 is 21.7 Å². The highest BCUT2D eigenvalue weighted by Crippen LogP contribution is 2.24. The van der Waals surface area contributed by atoms with Crippen molar-refractivity contribution in [2.45, 2.75) is 11.5 Å². The van der Waals surface area contributed by atoms with E-state index in [4.69, 9.17) is 16.1 Å². The smallest absolute Gasteiger partial charge is 0.423 e. The van der Waals surface area contributed by atoms with E-state index in [0.717, 1.165) is 5.56 Å². The lowest BCUT2D eigenvalue weighted by Gasteiger charge is -2.11. The van der Waals surface area contributed by atoms with Crippen molar-refractivity contribution < 1.29 is 18.1 Å². The Kier molecular flexibility index (Phi) is 3.47. The average molecular weight is 319 g/mol. The van der Waals surface area contributed by atoms with Gasteiger partial charge in [-0.05, 0) is 41.4 Å². The first-order chi connectivity index (χ1) is 10.4. The Morgan fingerprint density at radius 2 is 1.95 bits per heavy atom. The van der Waals surface area contributed by atoms with E-state index >= 15 is 0 Å². The fourth-order valence-electron chi connectivity index (χ4n) is 2.30. The van der Waals surface area contributed by atoms with E-state index in [1.54, 1.807) is 12.1 Å². The summed E-state index contributed by atoms with van der Waals surface area (Å²) in [7, 11) is -4.89. The predicted molar refractivity (Wildman–Crippen MR) is 84.9 cm³/mol. The lowest BCUT2D eigenvalue weighted by Crippen LogP contribution is -2.28. The molecular weight excluding hydrogens is 305 g/mol. The molecule has 9 heteroatoms. The Balaban J connectivity index is 1.93. The quantitative estimate of drug-likeness (QED) is 0.461. The number of benzene rings is 2. The van der Waals surface area contributed by atoms with Gasteiger partial charge in [0.1, 0.15) is 4.90 Å². The molecule has 0 bridgehead atoms. The maximum absolute atomic E-state index is 12.4. The van der Waals surface area contributed by atoms with E-state index in [2.05, 4.69) is 4.72 Å². The van der Waals surface area contributed by atoms with Crippen LogP contribution in [0.25, 0.3) is 0 Å². The standard InChI is InChI=1S/C13H14BN3O4S/c15-9-2-4-13(12(16)5-9)22(19,20)17-10-3-1-8-7-21-14(18)11(8)6-10/h1-6,17-18H,7,15-16H2. The summed E-state index contributed by atoms with van der Waals surface area (Å²) in [5.74, 6) is 0. The van der Waals surface area contributed by atoms with Gasteiger partial charge in [-0.15, -0.1) is 0 Å². The number of nitrogen functional groups attached to an aromatic ring is 2. The van der Waals surface area contributed by atoms with Gasteiger partial charge in [0, 0.05) is 11.4 Å². The first kappa shape index (κ1) is 14.7. The van der Waals surface area contributed by atoms with Crippen LogP contribution in [0.15, 0.2) is 41.3 Å². The fraction of sp³-hybridized carbons (Fsp3) is 0.0769. The summed E-state index contributed by atoms with van der Waals surface area (Å²) in [5.41, 5.74) is 13.4. The predicted octanol–water partition coefficient (Wildman–Crippen LogP) is -0.131. The number of anilines is 3. The highest BCUT2D eigenvalue weighted by Gasteiger charge is 2.28. The van der Waals surface area contributed by atoms with Crippen molar-refractivity contribution >= 4 is 39.7 Å². The van der Waals surface area contributed by atoms with E-state index in [0.29, 0.717) is 23.4 Å². The molecule has 0 unspecified atom stereocenters. The second-order valence-corrected chi connectivity index (χ2v) is 6.63. The first-order valence-corrected chi connectivity index (χ1v) is 7.95. The fourth-order valence-corrected chi connectivity index (χ4v) is 3.46. The van der Waals surface area contributed by atoms with Gasteiger partial charge in [-0.2, -0.15) is 0 Å². The lowest BCUT2D eigenvalue weighted by atomic mass is 9.79. The van der Waals surface area contributed by atoms with Crippen LogP contribution in [0.2, 0.25) is 0 Å².